The molecule has 2 aromatic rings. The molecule has 2 amide bonds. The molecule has 0 saturated heterocycles. The van der Waals surface area contributed by atoms with Crippen molar-refractivity contribution in [3.63, 3.8) is 0 Å². The highest BCUT2D eigenvalue weighted by molar-refractivity contribution is 6.09. The Bertz CT molecular complexity index is 993. The molecule has 4 N–H and O–H groups in total. The first-order valence-corrected chi connectivity index (χ1v) is 10.8. The third kappa shape index (κ3) is 6.15. The maximum atomic E-state index is 12.7. The van der Waals surface area contributed by atoms with Gasteiger partial charge < -0.3 is 24.8 Å². The van der Waals surface area contributed by atoms with Gasteiger partial charge in [0.15, 0.2) is 17.5 Å². The van der Waals surface area contributed by atoms with Crippen LogP contribution in [0.5, 0.6) is 17.2 Å². The summed E-state index contributed by atoms with van der Waals surface area (Å²) in [5.74, 6) is 0.379. The van der Waals surface area contributed by atoms with E-state index in [9.17, 15) is 9.59 Å². The Labute approximate surface area is 193 Å². The molecule has 1 aliphatic carbocycles. The van der Waals surface area contributed by atoms with E-state index in [1.54, 1.807) is 24.3 Å². The molecule has 9 heteroatoms. The van der Waals surface area contributed by atoms with Gasteiger partial charge in [-0.25, -0.2) is 0 Å². The summed E-state index contributed by atoms with van der Waals surface area (Å²) in [7, 11) is 4.40. The number of hydrogen-bond acceptors (Lipinski definition) is 6. The number of rotatable bonds is 7. The van der Waals surface area contributed by atoms with Crippen molar-refractivity contribution in [1.29, 1.82) is 5.41 Å². The van der Waals surface area contributed by atoms with E-state index in [0.29, 0.717) is 28.6 Å². The molecule has 1 fully saturated rings. The zero-order valence-corrected chi connectivity index (χ0v) is 19.1. The van der Waals surface area contributed by atoms with Gasteiger partial charge in [0.1, 0.15) is 0 Å². The molecule has 0 bridgehead atoms. The standard InChI is InChI=1S/C24H30N4O5/c1-31-19-12-16(13-20(32-2)21(19)33-3)23(30)28-24(25)27-18-11-7-10-17(14-18)26-22(29)15-8-5-4-6-9-15/h7,10-15H,4-6,8-9H2,1-3H3,(H,26,29)(H3,25,27,28,30). The summed E-state index contributed by atoms with van der Waals surface area (Å²) in [5, 5.41) is 16.4. The van der Waals surface area contributed by atoms with E-state index in [1.165, 1.54) is 39.9 Å². The predicted molar refractivity (Wildman–Crippen MR) is 127 cm³/mol. The predicted octanol–water partition coefficient (Wildman–Crippen LogP) is 4.01. The minimum absolute atomic E-state index is 0.0256. The van der Waals surface area contributed by atoms with Crippen molar-refractivity contribution >= 4 is 29.1 Å². The Kier molecular flexibility index (Phi) is 8.12. The molecule has 9 nitrogen and oxygen atoms in total. The maximum Gasteiger partial charge on any atom is 0.258 e. The van der Waals surface area contributed by atoms with Gasteiger partial charge in [0.25, 0.3) is 5.91 Å². The molecule has 0 radical (unpaired) electrons. The fraction of sp³-hybridized carbons (Fsp3) is 0.375. The van der Waals surface area contributed by atoms with E-state index < -0.39 is 5.91 Å². The van der Waals surface area contributed by atoms with Crippen molar-refractivity contribution in [3.8, 4) is 17.2 Å². The second-order valence-corrected chi connectivity index (χ2v) is 7.77. The Morgan fingerprint density at radius 1 is 0.879 bits per heavy atom. The normalized spacial score (nSPS) is 13.5. The second-order valence-electron chi connectivity index (χ2n) is 7.77. The number of benzene rings is 2. The number of amides is 2. The van der Waals surface area contributed by atoms with Crippen LogP contribution in [-0.2, 0) is 4.79 Å². The summed E-state index contributed by atoms with van der Waals surface area (Å²) in [6, 6.07) is 10.0. The lowest BCUT2D eigenvalue weighted by Crippen LogP contribution is -2.35. The molecule has 0 atom stereocenters. The molecule has 2 aromatic carbocycles. The molecule has 0 aliphatic heterocycles. The molecule has 176 valence electrons. The lowest BCUT2D eigenvalue weighted by atomic mass is 9.88. The number of nitrogens with one attached hydrogen (secondary N) is 4. The Balaban J connectivity index is 1.63. The molecular formula is C24H30N4O5. The van der Waals surface area contributed by atoms with Gasteiger partial charge in [-0.2, -0.15) is 0 Å². The number of hydrogen-bond donors (Lipinski definition) is 4. The number of carbonyl (C=O) groups is 2. The summed E-state index contributed by atoms with van der Waals surface area (Å²) >= 11 is 0. The van der Waals surface area contributed by atoms with Crippen LogP contribution in [0.3, 0.4) is 0 Å². The van der Waals surface area contributed by atoms with E-state index in [-0.39, 0.29) is 23.3 Å². The average molecular weight is 455 g/mol. The van der Waals surface area contributed by atoms with Gasteiger partial charge in [-0.05, 0) is 43.2 Å². The van der Waals surface area contributed by atoms with Gasteiger partial charge in [-0.3, -0.25) is 20.3 Å². The highest BCUT2D eigenvalue weighted by atomic mass is 16.5. The first kappa shape index (κ1) is 23.9. The zero-order valence-electron chi connectivity index (χ0n) is 19.1. The molecule has 0 spiro atoms. The summed E-state index contributed by atoms with van der Waals surface area (Å²) in [5.41, 5.74) is 1.44. The van der Waals surface area contributed by atoms with Crippen LogP contribution in [0, 0.1) is 11.3 Å². The maximum absolute atomic E-state index is 12.7. The summed E-state index contributed by atoms with van der Waals surface area (Å²) in [6.45, 7) is 0. The van der Waals surface area contributed by atoms with Crippen molar-refractivity contribution in [2.45, 2.75) is 32.1 Å². The smallest absolute Gasteiger partial charge is 0.258 e. The fourth-order valence-electron chi connectivity index (χ4n) is 3.86. The fourth-order valence-corrected chi connectivity index (χ4v) is 3.86. The molecular weight excluding hydrogens is 424 g/mol. The van der Waals surface area contributed by atoms with Crippen molar-refractivity contribution < 1.29 is 23.8 Å². The average Bonchev–Trinajstić information content (AvgIpc) is 2.83. The first-order chi connectivity index (χ1) is 15.9. The second kappa shape index (κ2) is 11.2. The van der Waals surface area contributed by atoms with Crippen molar-refractivity contribution in [2.75, 3.05) is 32.0 Å². The van der Waals surface area contributed by atoms with Gasteiger partial charge in [-0.1, -0.05) is 25.3 Å². The van der Waals surface area contributed by atoms with Crippen LogP contribution in [0.1, 0.15) is 42.5 Å². The molecule has 1 aliphatic rings. The molecule has 3 rings (SSSR count). The Morgan fingerprint density at radius 2 is 1.48 bits per heavy atom. The van der Waals surface area contributed by atoms with E-state index >= 15 is 0 Å². The van der Waals surface area contributed by atoms with Crippen LogP contribution in [0.4, 0.5) is 11.4 Å². The number of guanidine groups is 1. The van der Waals surface area contributed by atoms with Gasteiger partial charge in [0, 0.05) is 22.9 Å². The monoisotopic (exact) mass is 454 g/mol. The van der Waals surface area contributed by atoms with Gasteiger partial charge in [-0.15, -0.1) is 0 Å². The molecule has 0 aromatic heterocycles. The molecule has 0 unspecified atom stereocenters. The van der Waals surface area contributed by atoms with Gasteiger partial charge >= 0.3 is 0 Å². The lowest BCUT2D eigenvalue weighted by molar-refractivity contribution is -0.120. The van der Waals surface area contributed by atoms with Crippen molar-refractivity contribution in [1.82, 2.24) is 5.32 Å². The number of anilines is 2. The highest BCUT2D eigenvalue weighted by Gasteiger charge is 2.21. The van der Waals surface area contributed by atoms with Crippen LogP contribution in [0.2, 0.25) is 0 Å². The Hall–Kier alpha value is -3.75. The third-order valence-corrected chi connectivity index (χ3v) is 5.54. The molecule has 33 heavy (non-hydrogen) atoms. The lowest BCUT2D eigenvalue weighted by Gasteiger charge is -2.21. The minimum atomic E-state index is -0.520. The summed E-state index contributed by atoms with van der Waals surface area (Å²) < 4.78 is 15.8. The summed E-state index contributed by atoms with van der Waals surface area (Å²) in [6.07, 6.45) is 5.20. The largest absolute Gasteiger partial charge is 0.493 e. The minimum Gasteiger partial charge on any atom is -0.493 e. The zero-order chi connectivity index (χ0) is 23.8. The van der Waals surface area contributed by atoms with E-state index in [0.717, 1.165) is 25.7 Å². The Morgan fingerprint density at radius 3 is 2.06 bits per heavy atom. The topological polar surface area (TPSA) is 122 Å². The third-order valence-electron chi connectivity index (χ3n) is 5.54. The van der Waals surface area contributed by atoms with E-state index in [1.807, 2.05) is 0 Å². The van der Waals surface area contributed by atoms with E-state index in [4.69, 9.17) is 19.6 Å². The van der Waals surface area contributed by atoms with Crippen LogP contribution in [-0.4, -0.2) is 39.1 Å². The number of carbonyl (C=O) groups excluding carboxylic acids is 2. The van der Waals surface area contributed by atoms with Crippen molar-refractivity contribution in [2.24, 2.45) is 5.92 Å². The first-order valence-electron chi connectivity index (χ1n) is 10.8. The number of methoxy groups -OCH3 is 3. The van der Waals surface area contributed by atoms with Crippen LogP contribution in [0.25, 0.3) is 0 Å². The summed E-state index contributed by atoms with van der Waals surface area (Å²) in [4.78, 5) is 25.2. The van der Waals surface area contributed by atoms with E-state index in [2.05, 4.69) is 16.0 Å². The number of ether oxygens (including phenoxy) is 3. The highest BCUT2D eigenvalue weighted by Crippen LogP contribution is 2.38. The van der Waals surface area contributed by atoms with Crippen LogP contribution in [0.15, 0.2) is 36.4 Å². The van der Waals surface area contributed by atoms with Crippen molar-refractivity contribution in [3.05, 3.63) is 42.0 Å². The molecule has 1 saturated carbocycles. The van der Waals surface area contributed by atoms with Gasteiger partial charge in [0.05, 0.1) is 21.3 Å². The van der Waals surface area contributed by atoms with Crippen LogP contribution < -0.4 is 30.2 Å². The van der Waals surface area contributed by atoms with Gasteiger partial charge in [0.2, 0.25) is 11.7 Å². The molecule has 0 heterocycles. The SMILES string of the molecule is COc1cc(C(=O)NC(=N)Nc2cccc(NC(=O)C3CCCCC3)c2)cc(OC)c1OC. The quantitative estimate of drug-likeness (QED) is 0.370. The van der Waals surface area contributed by atoms with Crippen LogP contribution >= 0.6 is 0 Å².